The number of aromatic amines is 1. The Kier molecular flexibility index (Phi) is 5.08. The van der Waals surface area contributed by atoms with Gasteiger partial charge in [0.1, 0.15) is 16.9 Å². The predicted octanol–water partition coefficient (Wildman–Crippen LogP) is 2.44. The maximum absolute atomic E-state index is 12.3. The van der Waals surface area contributed by atoms with Crippen LogP contribution in [0.1, 0.15) is 13.8 Å². The van der Waals surface area contributed by atoms with Gasteiger partial charge in [0.05, 0.1) is 11.6 Å². The molecule has 0 fully saturated rings. The van der Waals surface area contributed by atoms with Gasteiger partial charge >= 0.3 is 0 Å². The Hall–Kier alpha value is -1.72. The van der Waals surface area contributed by atoms with Crippen LogP contribution in [0.25, 0.3) is 11.2 Å². The second-order valence-electron chi connectivity index (χ2n) is 4.34. The molecule has 0 radical (unpaired) electrons. The van der Waals surface area contributed by atoms with E-state index < -0.39 is 0 Å². The van der Waals surface area contributed by atoms with E-state index >= 15 is 0 Å². The Labute approximate surface area is 144 Å². The van der Waals surface area contributed by atoms with Crippen LogP contribution in [0.4, 0.5) is 5.13 Å². The number of hydrogen-bond donors (Lipinski definition) is 2. The maximum Gasteiger partial charge on any atom is 0.239 e. The van der Waals surface area contributed by atoms with Crippen LogP contribution in [-0.4, -0.2) is 47.0 Å². The number of carbonyl (C=O) groups is 1. The molecule has 0 aliphatic carbocycles. The molecule has 11 heteroatoms. The number of imidazole rings is 1. The zero-order valence-electron chi connectivity index (χ0n) is 12.3. The highest BCUT2D eigenvalue weighted by Crippen LogP contribution is 2.28. The smallest absolute Gasteiger partial charge is 0.239 e. The first-order valence-corrected chi connectivity index (χ1v) is 9.43. The van der Waals surface area contributed by atoms with Crippen molar-refractivity contribution in [2.24, 2.45) is 0 Å². The van der Waals surface area contributed by atoms with Crippen LogP contribution in [0.2, 0.25) is 0 Å². The highest BCUT2D eigenvalue weighted by Gasteiger charge is 2.19. The first kappa shape index (κ1) is 16.1. The molecule has 3 rings (SSSR count). The molecular formula is C12H13N7OS3. The topological polar surface area (TPSA) is 109 Å². The van der Waals surface area contributed by atoms with E-state index in [9.17, 15) is 4.79 Å². The first-order chi connectivity index (χ1) is 11.2. The van der Waals surface area contributed by atoms with E-state index in [1.807, 2.05) is 13.8 Å². The van der Waals surface area contributed by atoms with E-state index in [2.05, 4.69) is 35.5 Å². The molecule has 120 valence electrons. The second kappa shape index (κ2) is 7.23. The average Bonchev–Trinajstić information content (AvgIpc) is 3.17. The standard InChI is InChI=1S/C12H13N7OS3/c1-3-21-12-19-18-11(23-12)17-9(20)6(2)22-10-7-8(14-4-13-7)15-5-16-10/h4-6H,3H2,1-2H3,(H,17,18,20)(H,13,14,15,16)/t6-/m1/s1. The summed E-state index contributed by atoms with van der Waals surface area (Å²) in [7, 11) is 0. The monoisotopic (exact) mass is 367 g/mol. The summed E-state index contributed by atoms with van der Waals surface area (Å²) in [5, 5.41) is 11.6. The first-order valence-electron chi connectivity index (χ1n) is 6.75. The average molecular weight is 367 g/mol. The van der Waals surface area contributed by atoms with Crippen molar-refractivity contribution in [3.05, 3.63) is 12.7 Å². The fraction of sp³-hybridized carbons (Fsp3) is 0.333. The predicted molar refractivity (Wildman–Crippen MR) is 91.9 cm³/mol. The Morgan fingerprint density at radius 3 is 3.09 bits per heavy atom. The van der Waals surface area contributed by atoms with Crippen LogP contribution >= 0.6 is 34.9 Å². The maximum atomic E-state index is 12.3. The fourth-order valence-corrected chi connectivity index (χ4v) is 4.23. The van der Waals surface area contributed by atoms with E-state index in [0.717, 1.165) is 15.6 Å². The number of thioether (sulfide) groups is 2. The molecule has 0 saturated carbocycles. The SMILES string of the molecule is CCSc1nnc(NC(=O)[C@@H](C)Sc2ncnc3nc[nH]c23)s1. The minimum absolute atomic E-state index is 0.148. The van der Waals surface area contributed by atoms with Crippen molar-refractivity contribution in [1.29, 1.82) is 0 Å². The van der Waals surface area contributed by atoms with Gasteiger partial charge in [0.15, 0.2) is 9.99 Å². The summed E-state index contributed by atoms with van der Waals surface area (Å²) in [4.78, 5) is 27.6. The molecule has 1 atom stereocenters. The summed E-state index contributed by atoms with van der Waals surface area (Å²) in [6.45, 7) is 3.86. The van der Waals surface area contributed by atoms with Crippen molar-refractivity contribution in [2.75, 3.05) is 11.1 Å². The molecular weight excluding hydrogens is 354 g/mol. The summed E-state index contributed by atoms with van der Waals surface area (Å²) in [6.07, 6.45) is 3.00. The summed E-state index contributed by atoms with van der Waals surface area (Å²) < 4.78 is 0.845. The van der Waals surface area contributed by atoms with Gasteiger partial charge in [-0.25, -0.2) is 15.0 Å². The van der Waals surface area contributed by atoms with Gasteiger partial charge in [0.2, 0.25) is 11.0 Å². The van der Waals surface area contributed by atoms with Gasteiger partial charge in [-0.3, -0.25) is 10.1 Å². The van der Waals surface area contributed by atoms with Crippen molar-refractivity contribution in [3.63, 3.8) is 0 Å². The number of H-pyrrole nitrogens is 1. The van der Waals surface area contributed by atoms with Gasteiger partial charge in [-0.15, -0.1) is 10.2 Å². The van der Waals surface area contributed by atoms with Crippen molar-refractivity contribution < 1.29 is 4.79 Å². The van der Waals surface area contributed by atoms with E-state index in [1.54, 1.807) is 18.1 Å². The third-order valence-electron chi connectivity index (χ3n) is 2.75. The third kappa shape index (κ3) is 3.79. The zero-order chi connectivity index (χ0) is 16.2. The Balaban J connectivity index is 1.66. The molecule has 0 aliphatic rings. The van der Waals surface area contributed by atoms with Crippen molar-refractivity contribution in [1.82, 2.24) is 30.1 Å². The highest BCUT2D eigenvalue weighted by atomic mass is 32.2. The van der Waals surface area contributed by atoms with Crippen LogP contribution in [0.3, 0.4) is 0 Å². The van der Waals surface area contributed by atoms with Crippen LogP contribution < -0.4 is 5.32 Å². The molecule has 0 bridgehead atoms. The van der Waals surface area contributed by atoms with Gasteiger partial charge in [-0.05, 0) is 12.7 Å². The van der Waals surface area contributed by atoms with Crippen LogP contribution in [0, 0.1) is 0 Å². The Morgan fingerprint density at radius 1 is 1.39 bits per heavy atom. The normalized spacial score (nSPS) is 12.4. The Morgan fingerprint density at radius 2 is 2.26 bits per heavy atom. The molecule has 3 aromatic rings. The summed E-state index contributed by atoms with van der Waals surface area (Å²) in [6, 6.07) is 0. The number of hydrogen-bond acceptors (Lipinski definition) is 9. The number of aromatic nitrogens is 6. The lowest BCUT2D eigenvalue weighted by Gasteiger charge is -2.09. The van der Waals surface area contributed by atoms with Gasteiger partial charge in [0.25, 0.3) is 0 Å². The molecule has 2 N–H and O–H groups in total. The lowest BCUT2D eigenvalue weighted by molar-refractivity contribution is -0.115. The molecule has 23 heavy (non-hydrogen) atoms. The number of fused-ring (bicyclic) bond motifs is 1. The van der Waals surface area contributed by atoms with Gasteiger partial charge < -0.3 is 4.98 Å². The summed E-state index contributed by atoms with van der Waals surface area (Å²) in [5.74, 6) is 0.772. The molecule has 3 aromatic heterocycles. The van der Waals surface area contributed by atoms with E-state index in [4.69, 9.17) is 0 Å². The molecule has 1 amide bonds. The summed E-state index contributed by atoms with van der Waals surface area (Å²) >= 11 is 4.31. The number of amides is 1. The molecule has 0 aliphatic heterocycles. The third-order valence-corrected chi connectivity index (χ3v) is 5.70. The van der Waals surface area contributed by atoms with E-state index in [-0.39, 0.29) is 11.2 Å². The molecule has 0 unspecified atom stereocenters. The van der Waals surface area contributed by atoms with Gasteiger partial charge in [-0.1, -0.05) is 41.8 Å². The zero-order valence-corrected chi connectivity index (χ0v) is 14.8. The largest absolute Gasteiger partial charge is 0.341 e. The van der Waals surface area contributed by atoms with Crippen LogP contribution in [-0.2, 0) is 4.79 Å². The second-order valence-corrected chi connectivity index (χ2v) is 8.15. The van der Waals surface area contributed by atoms with Crippen LogP contribution in [0.5, 0.6) is 0 Å². The molecule has 0 spiro atoms. The number of carbonyl (C=O) groups excluding carboxylic acids is 1. The molecule has 0 saturated heterocycles. The molecule has 8 nitrogen and oxygen atoms in total. The van der Waals surface area contributed by atoms with E-state index in [1.165, 1.54) is 29.4 Å². The minimum Gasteiger partial charge on any atom is -0.341 e. The number of nitrogens with one attached hydrogen (secondary N) is 2. The van der Waals surface area contributed by atoms with Crippen molar-refractivity contribution in [3.8, 4) is 0 Å². The fourth-order valence-electron chi connectivity index (χ4n) is 1.70. The number of nitrogens with zero attached hydrogens (tertiary/aromatic N) is 5. The molecule has 3 heterocycles. The number of anilines is 1. The minimum atomic E-state index is -0.345. The lowest BCUT2D eigenvalue weighted by atomic mass is 10.4. The number of rotatable bonds is 6. The van der Waals surface area contributed by atoms with Gasteiger partial charge in [-0.2, -0.15) is 0 Å². The van der Waals surface area contributed by atoms with Crippen molar-refractivity contribution in [2.45, 2.75) is 28.5 Å². The Bertz CT molecular complexity index is 818. The molecule has 0 aromatic carbocycles. The quantitative estimate of drug-likeness (QED) is 0.388. The summed E-state index contributed by atoms with van der Waals surface area (Å²) in [5.41, 5.74) is 1.31. The van der Waals surface area contributed by atoms with Gasteiger partial charge in [0, 0.05) is 0 Å². The highest BCUT2D eigenvalue weighted by molar-refractivity contribution is 8.01. The lowest BCUT2D eigenvalue weighted by Crippen LogP contribution is -2.22. The van der Waals surface area contributed by atoms with Crippen molar-refractivity contribution >= 4 is 57.1 Å². The van der Waals surface area contributed by atoms with Crippen LogP contribution in [0.15, 0.2) is 22.0 Å². The van der Waals surface area contributed by atoms with E-state index in [0.29, 0.717) is 15.8 Å².